The average Bonchev–Trinajstić information content (AvgIpc) is 3.49. The topological polar surface area (TPSA) is 95.8 Å². The first-order chi connectivity index (χ1) is 15.4. The third kappa shape index (κ3) is 3.85. The molecule has 1 fully saturated rings. The molecule has 1 unspecified atom stereocenters. The highest BCUT2D eigenvalue weighted by atomic mass is 16.3. The molecule has 1 aliphatic rings. The maximum absolute atomic E-state index is 13.6. The Morgan fingerprint density at radius 3 is 2.56 bits per heavy atom. The van der Waals surface area contributed by atoms with Gasteiger partial charge in [0, 0.05) is 29.8 Å². The Bertz CT molecular complexity index is 1150. The number of amides is 1. The number of benzene rings is 1. The van der Waals surface area contributed by atoms with Gasteiger partial charge in [-0.1, -0.05) is 24.0 Å². The smallest absolute Gasteiger partial charge is 0.295 e. The summed E-state index contributed by atoms with van der Waals surface area (Å²) in [5.41, 5.74) is 1.61. The lowest BCUT2D eigenvalue weighted by Gasteiger charge is -2.25. The summed E-state index contributed by atoms with van der Waals surface area (Å²) in [5, 5.41) is 17.9. The van der Waals surface area contributed by atoms with Crippen LogP contribution in [0.4, 0.5) is 0 Å². The number of para-hydroxylation sites is 1. The SMILES string of the molecule is Cc1c(/C([O-])=C2\C(=O)C(=O)N(CCC[NH+](C)C)C2c2ccco2)cnn1-c1ccccc1. The van der Waals surface area contributed by atoms with Gasteiger partial charge in [-0.25, -0.2) is 4.68 Å². The number of carbonyl (C=O) groups is 2. The van der Waals surface area contributed by atoms with Crippen molar-refractivity contribution in [2.45, 2.75) is 19.4 Å². The van der Waals surface area contributed by atoms with Crippen molar-refractivity contribution in [2.24, 2.45) is 0 Å². The van der Waals surface area contributed by atoms with Gasteiger partial charge in [-0.05, 0) is 31.2 Å². The lowest BCUT2D eigenvalue weighted by Crippen LogP contribution is -3.05. The number of quaternary nitrogens is 1. The van der Waals surface area contributed by atoms with Crippen LogP contribution in [0, 0.1) is 6.92 Å². The Hall–Kier alpha value is -3.65. The Labute approximate surface area is 186 Å². The van der Waals surface area contributed by atoms with Crippen LogP contribution in [-0.4, -0.2) is 53.6 Å². The largest absolute Gasteiger partial charge is 0.872 e. The summed E-state index contributed by atoms with van der Waals surface area (Å²) >= 11 is 0. The van der Waals surface area contributed by atoms with Crippen LogP contribution in [0.15, 0.2) is 64.9 Å². The van der Waals surface area contributed by atoms with E-state index in [-0.39, 0.29) is 5.57 Å². The molecule has 0 bridgehead atoms. The zero-order chi connectivity index (χ0) is 22.8. The average molecular weight is 434 g/mol. The van der Waals surface area contributed by atoms with Gasteiger partial charge in [0.2, 0.25) is 5.78 Å². The number of nitrogens with one attached hydrogen (secondary N) is 1. The van der Waals surface area contributed by atoms with Crippen LogP contribution < -0.4 is 10.0 Å². The highest BCUT2D eigenvalue weighted by Gasteiger charge is 2.45. The first kappa shape index (κ1) is 21.6. The summed E-state index contributed by atoms with van der Waals surface area (Å²) in [6.07, 6.45) is 3.63. The van der Waals surface area contributed by atoms with Gasteiger partial charge in [-0.2, -0.15) is 5.10 Å². The number of rotatable bonds is 7. The van der Waals surface area contributed by atoms with E-state index >= 15 is 0 Å². The van der Waals surface area contributed by atoms with Gasteiger partial charge in [0.1, 0.15) is 11.8 Å². The van der Waals surface area contributed by atoms with E-state index in [0.29, 0.717) is 30.0 Å². The fourth-order valence-electron chi connectivity index (χ4n) is 4.05. The zero-order valence-corrected chi connectivity index (χ0v) is 18.4. The van der Waals surface area contributed by atoms with Crippen LogP contribution in [0.1, 0.15) is 29.5 Å². The maximum Gasteiger partial charge on any atom is 0.295 e. The normalized spacial score (nSPS) is 18.1. The van der Waals surface area contributed by atoms with Gasteiger partial charge in [-0.3, -0.25) is 9.59 Å². The van der Waals surface area contributed by atoms with Crippen LogP contribution in [0.5, 0.6) is 0 Å². The summed E-state index contributed by atoms with van der Waals surface area (Å²) < 4.78 is 7.20. The van der Waals surface area contributed by atoms with E-state index < -0.39 is 23.5 Å². The van der Waals surface area contributed by atoms with Crippen molar-refractivity contribution in [2.75, 3.05) is 27.2 Å². The van der Waals surface area contributed by atoms with Gasteiger partial charge < -0.3 is 19.3 Å². The predicted octanol–water partition coefficient (Wildman–Crippen LogP) is 0.532. The number of ketones is 1. The van der Waals surface area contributed by atoms with Gasteiger partial charge in [0.15, 0.2) is 0 Å². The minimum Gasteiger partial charge on any atom is -0.872 e. The molecule has 2 aromatic heterocycles. The Morgan fingerprint density at radius 1 is 1.16 bits per heavy atom. The Morgan fingerprint density at radius 2 is 1.91 bits per heavy atom. The minimum absolute atomic E-state index is 0.0853. The van der Waals surface area contributed by atoms with Crippen molar-refractivity contribution in [3.63, 3.8) is 0 Å². The highest BCUT2D eigenvalue weighted by Crippen LogP contribution is 2.39. The maximum atomic E-state index is 13.6. The van der Waals surface area contributed by atoms with Crippen LogP contribution in [0.2, 0.25) is 0 Å². The summed E-state index contributed by atoms with van der Waals surface area (Å²) in [6.45, 7) is 2.96. The molecule has 3 heterocycles. The molecule has 166 valence electrons. The molecule has 1 saturated heterocycles. The van der Waals surface area contributed by atoms with Crippen molar-refractivity contribution in [1.82, 2.24) is 14.7 Å². The molecule has 0 radical (unpaired) electrons. The van der Waals surface area contributed by atoms with E-state index in [1.165, 1.54) is 22.3 Å². The number of furan rings is 1. The standard InChI is InChI=1S/C24H26N4O4/c1-16-18(15-25-28(16)17-9-5-4-6-10-17)22(29)20-21(19-11-7-14-32-19)27(24(31)23(20)30)13-8-12-26(2)3/h4-7,9-11,14-15,21,29H,8,12-13H2,1-3H3/b22-20+. The van der Waals surface area contributed by atoms with E-state index in [9.17, 15) is 14.7 Å². The van der Waals surface area contributed by atoms with Gasteiger partial charge >= 0.3 is 0 Å². The lowest BCUT2D eigenvalue weighted by molar-refractivity contribution is -0.858. The second kappa shape index (κ2) is 8.84. The molecule has 32 heavy (non-hydrogen) atoms. The predicted molar refractivity (Wildman–Crippen MR) is 116 cm³/mol. The van der Waals surface area contributed by atoms with Gasteiger partial charge in [0.25, 0.3) is 5.91 Å². The van der Waals surface area contributed by atoms with E-state index in [0.717, 1.165) is 12.2 Å². The van der Waals surface area contributed by atoms with Crippen molar-refractivity contribution >= 4 is 17.4 Å². The molecule has 0 aliphatic carbocycles. The first-order valence-corrected chi connectivity index (χ1v) is 10.6. The van der Waals surface area contributed by atoms with Crippen molar-refractivity contribution < 1.29 is 24.0 Å². The fraction of sp³-hybridized carbons (Fsp3) is 0.292. The molecule has 4 rings (SSSR count). The van der Waals surface area contributed by atoms with E-state index in [1.807, 2.05) is 44.4 Å². The number of aromatic nitrogens is 2. The van der Waals surface area contributed by atoms with Crippen LogP contribution in [0.3, 0.4) is 0 Å². The Kier molecular flexibility index (Phi) is 5.96. The quantitative estimate of drug-likeness (QED) is 0.333. The monoisotopic (exact) mass is 434 g/mol. The number of Topliss-reactive ketones (excluding diaryl/α,β-unsaturated/α-hetero) is 1. The van der Waals surface area contributed by atoms with Crippen molar-refractivity contribution in [1.29, 1.82) is 0 Å². The molecule has 8 nitrogen and oxygen atoms in total. The van der Waals surface area contributed by atoms with Gasteiger partial charge in [0.05, 0.1) is 38.8 Å². The first-order valence-electron chi connectivity index (χ1n) is 10.6. The van der Waals surface area contributed by atoms with Crippen LogP contribution in [-0.2, 0) is 9.59 Å². The van der Waals surface area contributed by atoms with Gasteiger partial charge in [-0.15, -0.1) is 0 Å². The second-order valence-corrected chi connectivity index (χ2v) is 8.19. The summed E-state index contributed by atoms with van der Waals surface area (Å²) in [6, 6.07) is 12.0. The molecule has 1 amide bonds. The minimum atomic E-state index is -0.839. The molecule has 1 aliphatic heterocycles. The van der Waals surface area contributed by atoms with E-state index in [4.69, 9.17) is 4.42 Å². The molecule has 1 N–H and O–H groups in total. The fourth-order valence-corrected chi connectivity index (χ4v) is 4.05. The van der Waals surface area contributed by atoms with Crippen LogP contribution in [0.25, 0.3) is 11.4 Å². The summed E-state index contributed by atoms with van der Waals surface area (Å²) in [7, 11) is 4.05. The molecular weight excluding hydrogens is 408 g/mol. The third-order valence-electron chi connectivity index (χ3n) is 5.67. The number of hydrogen-bond acceptors (Lipinski definition) is 5. The van der Waals surface area contributed by atoms with Crippen molar-refractivity contribution in [3.05, 3.63) is 77.5 Å². The Balaban J connectivity index is 1.77. The summed E-state index contributed by atoms with van der Waals surface area (Å²) in [5.74, 6) is -1.54. The summed E-state index contributed by atoms with van der Waals surface area (Å²) in [4.78, 5) is 28.6. The molecule has 0 spiro atoms. The van der Waals surface area contributed by atoms with E-state index in [1.54, 1.807) is 23.7 Å². The second-order valence-electron chi connectivity index (χ2n) is 8.19. The number of likely N-dealkylation sites (tertiary alicyclic amines) is 1. The zero-order valence-electron chi connectivity index (χ0n) is 18.4. The molecule has 1 atom stereocenters. The third-order valence-corrected chi connectivity index (χ3v) is 5.67. The number of hydrogen-bond donors (Lipinski definition) is 1. The molecule has 8 heteroatoms. The van der Waals surface area contributed by atoms with Crippen molar-refractivity contribution in [3.8, 4) is 5.69 Å². The molecule has 0 saturated carbocycles. The number of nitrogens with zero attached hydrogens (tertiary/aromatic N) is 3. The molecule has 1 aromatic carbocycles. The van der Waals surface area contributed by atoms with Crippen LogP contribution >= 0.6 is 0 Å². The lowest BCUT2D eigenvalue weighted by atomic mass is 9.99. The number of carbonyl (C=O) groups excluding carboxylic acids is 2. The van der Waals surface area contributed by atoms with E-state index in [2.05, 4.69) is 5.10 Å². The molecular formula is C24H26N4O4. The highest BCUT2D eigenvalue weighted by molar-refractivity contribution is 6.46. The molecule has 3 aromatic rings.